The molecule has 0 atom stereocenters. The van der Waals surface area contributed by atoms with E-state index < -0.39 is 0 Å². The molecule has 0 spiro atoms. The number of carbonyl (C=O) groups excluding carboxylic acids is 1. The molecule has 1 aromatic heterocycles. The monoisotopic (exact) mass is 568 g/mol. The van der Waals surface area contributed by atoms with Crippen molar-refractivity contribution in [3.63, 3.8) is 0 Å². The summed E-state index contributed by atoms with van der Waals surface area (Å²) < 4.78 is 18.6. The molecule has 32 heavy (non-hydrogen) atoms. The molecule has 3 N–H and O–H groups in total. The number of hydrogen-bond acceptors (Lipinski definition) is 4. The van der Waals surface area contributed by atoms with Crippen molar-refractivity contribution in [1.82, 2.24) is 10.6 Å². The quantitative estimate of drug-likeness (QED) is 0.202. The van der Waals surface area contributed by atoms with Crippen LogP contribution in [0.2, 0.25) is 0 Å². The predicted molar refractivity (Wildman–Crippen MR) is 139 cm³/mol. The van der Waals surface area contributed by atoms with E-state index >= 15 is 0 Å². The minimum absolute atomic E-state index is 0. The molecule has 1 amide bonds. The summed E-state index contributed by atoms with van der Waals surface area (Å²) in [5, 5.41) is 9.31. The van der Waals surface area contributed by atoms with Gasteiger partial charge in [0.1, 0.15) is 5.82 Å². The third-order valence-electron chi connectivity index (χ3n) is 4.55. The van der Waals surface area contributed by atoms with Crippen LogP contribution in [0.3, 0.4) is 0 Å². The average molecular weight is 568 g/mol. The predicted octanol–water partition coefficient (Wildman–Crippen LogP) is 5.02. The van der Waals surface area contributed by atoms with Gasteiger partial charge in [-0.15, -0.1) is 24.0 Å². The van der Waals surface area contributed by atoms with Gasteiger partial charge < -0.3 is 20.4 Å². The second kappa shape index (κ2) is 13.1. The minimum Gasteiger partial charge on any atom is -0.459 e. The largest absolute Gasteiger partial charge is 0.459 e. The number of nitrogens with one attached hydrogen (secondary N) is 3. The molecule has 0 radical (unpaired) electrons. The number of thioether (sulfide) groups is 1. The molecule has 2 aromatic carbocycles. The van der Waals surface area contributed by atoms with E-state index in [2.05, 4.69) is 20.9 Å². The zero-order valence-electron chi connectivity index (χ0n) is 17.9. The van der Waals surface area contributed by atoms with Crippen molar-refractivity contribution in [2.24, 2.45) is 4.99 Å². The van der Waals surface area contributed by atoms with Crippen LogP contribution in [-0.4, -0.2) is 25.2 Å². The molecule has 0 bridgehead atoms. The number of benzene rings is 2. The third-order valence-corrected chi connectivity index (χ3v) is 5.15. The van der Waals surface area contributed by atoms with Gasteiger partial charge in [0.2, 0.25) is 0 Å². The SMILES string of the molecule is CN=C(NCc1ccc(NC(=O)c2ccco2)cc1)NCc1ccc(F)cc1CSC.I. The lowest BCUT2D eigenvalue weighted by molar-refractivity contribution is 0.0996. The second-order valence-electron chi connectivity index (χ2n) is 6.75. The number of amides is 1. The summed E-state index contributed by atoms with van der Waals surface area (Å²) in [6.07, 6.45) is 3.46. The van der Waals surface area contributed by atoms with Gasteiger partial charge in [0, 0.05) is 31.6 Å². The van der Waals surface area contributed by atoms with Crippen LogP contribution in [0.25, 0.3) is 0 Å². The number of halogens is 2. The van der Waals surface area contributed by atoms with Gasteiger partial charge in [-0.05, 0) is 59.3 Å². The van der Waals surface area contributed by atoms with Gasteiger partial charge in [0.15, 0.2) is 11.7 Å². The summed E-state index contributed by atoms with van der Waals surface area (Å²) in [6, 6.07) is 15.7. The van der Waals surface area contributed by atoms with Crippen molar-refractivity contribution in [3.8, 4) is 0 Å². The van der Waals surface area contributed by atoms with Crippen LogP contribution in [0.5, 0.6) is 0 Å². The topological polar surface area (TPSA) is 78.7 Å². The van der Waals surface area contributed by atoms with Gasteiger partial charge >= 0.3 is 0 Å². The molecule has 3 rings (SSSR count). The van der Waals surface area contributed by atoms with E-state index in [1.54, 1.807) is 43.1 Å². The molecule has 6 nitrogen and oxygen atoms in total. The standard InChI is InChI=1S/C23H25FN4O2S.HI/c1-25-23(27-14-17-7-8-19(24)12-18(17)15-31-2)26-13-16-5-9-20(10-6-16)28-22(29)21-4-3-11-30-21;/h3-12H,13-15H2,1-2H3,(H,28,29)(H2,25,26,27);1H. The summed E-state index contributed by atoms with van der Waals surface area (Å²) in [5.41, 5.74) is 3.73. The van der Waals surface area contributed by atoms with Crippen molar-refractivity contribution in [2.45, 2.75) is 18.8 Å². The van der Waals surface area contributed by atoms with E-state index in [4.69, 9.17) is 4.42 Å². The molecule has 0 unspecified atom stereocenters. The maximum absolute atomic E-state index is 13.5. The van der Waals surface area contributed by atoms with Crippen LogP contribution in [0.4, 0.5) is 10.1 Å². The summed E-state index contributed by atoms with van der Waals surface area (Å²) in [5.74, 6) is 1.15. The lowest BCUT2D eigenvalue weighted by atomic mass is 10.1. The van der Waals surface area contributed by atoms with E-state index in [0.29, 0.717) is 24.7 Å². The van der Waals surface area contributed by atoms with Crippen molar-refractivity contribution in [1.29, 1.82) is 0 Å². The summed E-state index contributed by atoms with van der Waals surface area (Å²) in [7, 11) is 1.70. The number of furan rings is 1. The Bertz CT molecular complexity index is 1030. The molecule has 9 heteroatoms. The smallest absolute Gasteiger partial charge is 0.291 e. The Balaban J connectivity index is 0.00000363. The molecule has 3 aromatic rings. The molecular weight excluding hydrogens is 542 g/mol. The fourth-order valence-corrected chi connectivity index (χ4v) is 3.53. The number of anilines is 1. The minimum atomic E-state index is -0.290. The number of rotatable bonds is 8. The first-order chi connectivity index (χ1) is 15.1. The zero-order valence-corrected chi connectivity index (χ0v) is 21.0. The van der Waals surface area contributed by atoms with Gasteiger partial charge in [-0.3, -0.25) is 9.79 Å². The van der Waals surface area contributed by atoms with Crippen LogP contribution in [-0.2, 0) is 18.8 Å². The Hall–Kier alpha value is -2.53. The average Bonchev–Trinajstić information content (AvgIpc) is 3.31. The first-order valence-electron chi connectivity index (χ1n) is 9.73. The van der Waals surface area contributed by atoms with E-state index in [-0.39, 0.29) is 41.5 Å². The van der Waals surface area contributed by atoms with Crippen LogP contribution in [0.15, 0.2) is 70.3 Å². The van der Waals surface area contributed by atoms with E-state index in [1.165, 1.54) is 12.3 Å². The second-order valence-corrected chi connectivity index (χ2v) is 7.62. The molecule has 0 saturated carbocycles. The van der Waals surface area contributed by atoms with Crippen LogP contribution < -0.4 is 16.0 Å². The summed E-state index contributed by atoms with van der Waals surface area (Å²) in [6.45, 7) is 1.11. The van der Waals surface area contributed by atoms with Crippen LogP contribution >= 0.6 is 35.7 Å². The maximum atomic E-state index is 13.5. The van der Waals surface area contributed by atoms with Gasteiger partial charge in [0.25, 0.3) is 5.91 Å². The molecular formula is C23H26FIN4O2S. The maximum Gasteiger partial charge on any atom is 0.291 e. The first-order valence-corrected chi connectivity index (χ1v) is 11.1. The molecule has 0 aliphatic carbocycles. The molecule has 0 aliphatic heterocycles. The van der Waals surface area contributed by atoms with E-state index in [9.17, 15) is 9.18 Å². The van der Waals surface area contributed by atoms with Gasteiger partial charge in [-0.25, -0.2) is 4.39 Å². The molecule has 0 fully saturated rings. The highest BCUT2D eigenvalue weighted by Gasteiger charge is 2.09. The van der Waals surface area contributed by atoms with E-state index in [0.717, 1.165) is 22.4 Å². The number of carbonyl (C=O) groups is 1. The zero-order chi connectivity index (χ0) is 22.1. The fraction of sp³-hybridized carbons (Fsp3) is 0.217. The molecule has 0 aliphatic rings. The third kappa shape index (κ3) is 7.56. The van der Waals surface area contributed by atoms with Crippen molar-refractivity contribution >= 4 is 53.3 Å². The van der Waals surface area contributed by atoms with Gasteiger partial charge in [0.05, 0.1) is 6.26 Å². The number of guanidine groups is 1. The number of nitrogens with zero attached hydrogens (tertiary/aromatic N) is 1. The fourth-order valence-electron chi connectivity index (χ4n) is 2.95. The first kappa shape index (κ1) is 25.7. The highest BCUT2D eigenvalue weighted by atomic mass is 127. The normalized spacial score (nSPS) is 10.9. The lowest BCUT2D eigenvalue weighted by Crippen LogP contribution is -2.36. The van der Waals surface area contributed by atoms with Crippen LogP contribution in [0, 0.1) is 5.82 Å². The highest BCUT2D eigenvalue weighted by Crippen LogP contribution is 2.17. The van der Waals surface area contributed by atoms with Crippen LogP contribution in [0.1, 0.15) is 27.2 Å². The summed E-state index contributed by atoms with van der Waals surface area (Å²) >= 11 is 1.66. The number of aliphatic imine (C=N–C) groups is 1. The van der Waals surface area contributed by atoms with E-state index in [1.807, 2.05) is 30.5 Å². The van der Waals surface area contributed by atoms with Gasteiger partial charge in [-0.2, -0.15) is 11.8 Å². The lowest BCUT2D eigenvalue weighted by Gasteiger charge is -2.14. The van der Waals surface area contributed by atoms with Crippen molar-refractivity contribution in [3.05, 3.63) is 89.1 Å². The Morgan fingerprint density at radius 1 is 1.06 bits per heavy atom. The Labute approximate surface area is 208 Å². The number of hydrogen-bond donors (Lipinski definition) is 3. The van der Waals surface area contributed by atoms with Gasteiger partial charge in [-0.1, -0.05) is 18.2 Å². The van der Waals surface area contributed by atoms with Crippen molar-refractivity contribution in [2.75, 3.05) is 18.6 Å². The Morgan fingerprint density at radius 2 is 1.81 bits per heavy atom. The Morgan fingerprint density at radius 3 is 2.47 bits per heavy atom. The molecule has 0 saturated heterocycles. The molecule has 1 heterocycles. The summed E-state index contributed by atoms with van der Waals surface area (Å²) in [4.78, 5) is 16.3. The van der Waals surface area contributed by atoms with Crippen molar-refractivity contribution < 1.29 is 13.6 Å². The molecule has 170 valence electrons. The Kier molecular flexibility index (Phi) is 10.5. The highest BCUT2D eigenvalue weighted by molar-refractivity contribution is 14.0.